The average Bonchev–Trinajstić information content (AvgIpc) is 3.00. The minimum Gasteiger partial charge on any atom is -0.464 e. The van der Waals surface area contributed by atoms with Crippen molar-refractivity contribution in [2.75, 3.05) is 18.6 Å². The first-order valence-corrected chi connectivity index (χ1v) is 9.87. The third-order valence-electron chi connectivity index (χ3n) is 3.79. The van der Waals surface area contributed by atoms with E-state index in [4.69, 9.17) is 4.42 Å². The van der Waals surface area contributed by atoms with Crippen LogP contribution in [0.3, 0.4) is 0 Å². The molecule has 0 spiro atoms. The molecule has 3 rings (SSSR count). The highest BCUT2D eigenvalue weighted by molar-refractivity contribution is 8.16. The van der Waals surface area contributed by atoms with Crippen LogP contribution >= 0.6 is 23.5 Å². The maximum Gasteiger partial charge on any atom is 0.254 e. The van der Waals surface area contributed by atoms with Crippen molar-refractivity contribution in [3.8, 4) is 0 Å². The number of thioether (sulfide) groups is 2. The molecule has 1 saturated heterocycles. The zero-order valence-electron chi connectivity index (χ0n) is 13.5. The number of hydrogen-bond acceptors (Lipinski definition) is 4. The Bertz CT molecular complexity index is 660. The van der Waals surface area contributed by atoms with Crippen LogP contribution in [0.4, 0.5) is 0 Å². The Morgan fingerprint density at radius 2 is 1.87 bits per heavy atom. The number of benzene rings is 1. The Labute approximate surface area is 145 Å². The van der Waals surface area contributed by atoms with Gasteiger partial charge in [0.1, 0.15) is 11.5 Å². The van der Waals surface area contributed by atoms with Gasteiger partial charge in [-0.3, -0.25) is 4.79 Å². The van der Waals surface area contributed by atoms with Gasteiger partial charge < -0.3 is 9.32 Å². The normalized spacial score (nSPS) is 15.6. The summed E-state index contributed by atoms with van der Waals surface area (Å²) in [6, 6.07) is 11.9. The molecule has 0 atom stereocenters. The molecular weight excluding hydrogens is 326 g/mol. The lowest BCUT2D eigenvalue weighted by molar-refractivity contribution is 0.0775. The number of furan rings is 1. The van der Waals surface area contributed by atoms with Crippen LogP contribution in [0.25, 0.3) is 0 Å². The van der Waals surface area contributed by atoms with Gasteiger partial charge in [0.05, 0.1) is 11.1 Å². The van der Waals surface area contributed by atoms with Crippen molar-refractivity contribution in [2.45, 2.75) is 24.5 Å². The van der Waals surface area contributed by atoms with Crippen molar-refractivity contribution in [2.24, 2.45) is 0 Å². The van der Waals surface area contributed by atoms with Gasteiger partial charge in [-0.15, -0.1) is 23.5 Å². The molecular formula is C18H21NO2S2. The molecule has 1 amide bonds. The monoisotopic (exact) mass is 347 g/mol. The Morgan fingerprint density at radius 1 is 1.17 bits per heavy atom. The van der Waals surface area contributed by atoms with Crippen molar-refractivity contribution in [3.05, 3.63) is 59.0 Å². The maximum atomic E-state index is 12.5. The number of nitrogens with zero attached hydrogens (tertiary/aromatic N) is 1. The summed E-state index contributed by atoms with van der Waals surface area (Å²) in [5.74, 6) is 4.15. The Kier molecular flexibility index (Phi) is 5.38. The number of hydrogen-bond donors (Lipinski definition) is 0. The highest BCUT2D eigenvalue weighted by atomic mass is 32.2. The van der Waals surface area contributed by atoms with Gasteiger partial charge in [-0.05, 0) is 54.7 Å². The van der Waals surface area contributed by atoms with E-state index in [2.05, 4.69) is 12.1 Å². The highest BCUT2D eigenvalue weighted by Gasteiger charge is 2.18. The summed E-state index contributed by atoms with van der Waals surface area (Å²) < 4.78 is 6.05. The van der Waals surface area contributed by atoms with Crippen LogP contribution in [-0.4, -0.2) is 29.4 Å². The molecule has 2 heterocycles. The maximum absolute atomic E-state index is 12.5. The third-order valence-corrected chi connectivity index (χ3v) is 6.81. The summed E-state index contributed by atoms with van der Waals surface area (Å²) in [5.41, 5.74) is 2.03. The van der Waals surface area contributed by atoms with Gasteiger partial charge >= 0.3 is 0 Å². The fraction of sp³-hybridized carbons (Fsp3) is 0.389. The molecule has 0 bridgehead atoms. The van der Waals surface area contributed by atoms with E-state index >= 15 is 0 Å². The second-order valence-electron chi connectivity index (χ2n) is 5.72. The summed E-state index contributed by atoms with van der Waals surface area (Å²) in [6.07, 6.45) is 1.29. The summed E-state index contributed by atoms with van der Waals surface area (Å²) in [7, 11) is 1.81. The molecule has 1 aliphatic rings. The molecule has 1 aliphatic heterocycles. The zero-order chi connectivity index (χ0) is 16.2. The van der Waals surface area contributed by atoms with Crippen molar-refractivity contribution in [1.82, 2.24) is 4.90 Å². The predicted molar refractivity (Wildman–Crippen MR) is 98.0 cm³/mol. The fourth-order valence-corrected chi connectivity index (χ4v) is 5.45. The highest BCUT2D eigenvalue weighted by Crippen LogP contribution is 2.43. The second kappa shape index (κ2) is 7.49. The van der Waals surface area contributed by atoms with Crippen LogP contribution in [0.15, 0.2) is 40.8 Å². The van der Waals surface area contributed by atoms with Crippen LogP contribution in [-0.2, 0) is 6.54 Å². The smallest absolute Gasteiger partial charge is 0.254 e. The minimum absolute atomic E-state index is 0.0227. The standard InChI is InChI=1S/C18H21NO2S2/c1-13-4-9-16(21-13)12-19(2)17(20)14-5-7-15(8-6-14)18-22-10-3-11-23-18/h4-9,18H,3,10-12H2,1-2H3. The van der Waals surface area contributed by atoms with Crippen molar-refractivity contribution in [3.63, 3.8) is 0 Å². The molecule has 0 unspecified atom stereocenters. The fourth-order valence-electron chi connectivity index (χ4n) is 2.56. The molecule has 122 valence electrons. The first-order chi connectivity index (χ1) is 11.1. The van der Waals surface area contributed by atoms with Crippen LogP contribution < -0.4 is 0 Å². The van der Waals surface area contributed by atoms with E-state index in [0.29, 0.717) is 11.1 Å². The van der Waals surface area contributed by atoms with Crippen LogP contribution in [0, 0.1) is 6.92 Å². The summed E-state index contributed by atoms with van der Waals surface area (Å²) in [5, 5.41) is 0. The molecule has 0 N–H and O–H groups in total. The van der Waals surface area contributed by atoms with E-state index in [1.54, 1.807) is 11.9 Å². The van der Waals surface area contributed by atoms with E-state index < -0.39 is 0 Å². The van der Waals surface area contributed by atoms with Crippen molar-refractivity contribution < 1.29 is 9.21 Å². The number of carbonyl (C=O) groups excluding carboxylic acids is 1. The van der Waals surface area contributed by atoms with Gasteiger partial charge in [-0.25, -0.2) is 0 Å². The minimum atomic E-state index is 0.0227. The molecule has 0 aliphatic carbocycles. The topological polar surface area (TPSA) is 33.5 Å². The summed E-state index contributed by atoms with van der Waals surface area (Å²) in [4.78, 5) is 14.2. The van der Waals surface area contributed by atoms with Gasteiger partial charge in [-0.1, -0.05) is 12.1 Å². The van der Waals surface area contributed by atoms with Gasteiger partial charge in [0.25, 0.3) is 5.91 Å². The number of aryl methyl sites for hydroxylation is 1. The van der Waals surface area contributed by atoms with E-state index in [1.807, 2.05) is 54.7 Å². The van der Waals surface area contributed by atoms with Crippen molar-refractivity contribution >= 4 is 29.4 Å². The summed E-state index contributed by atoms with van der Waals surface area (Å²) in [6.45, 7) is 2.40. The molecule has 0 radical (unpaired) electrons. The molecule has 23 heavy (non-hydrogen) atoms. The Balaban J connectivity index is 1.64. The number of carbonyl (C=O) groups is 1. The average molecular weight is 348 g/mol. The van der Waals surface area contributed by atoms with Crippen LogP contribution in [0.2, 0.25) is 0 Å². The van der Waals surface area contributed by atoms with Gasteiger partial charge in [0.2, 0.25) is 0 Å². The first kappa shape index (κ1) is 16.5. The molecule has 2 aromatic rings. The summed E-state index contributed by atoms with van der Waals surface area (Å²) >= 11 is 3.99. The third kappa shape index (κ3) is 4.15. The van der Waals surface area contributed by atoms with E-state index in [-0.39, 0.29) is 5.91 Å². The van der Waals surface area contributed by atoms with Gasteiger partial charge in [-0.2, -0.15) is 0 Å². The Hall–Kier alpha value is -1.33. The number of rotatable bonds is 4. The first-order valence-electron chi connectivity index (χ1n) is 7.77. The molecule has 3 nitrogen and oxygen atoms in total. The van der Waals surface area contributed by atoms with E-state index in [1.165, 1.54) is 23.5 Å². The lowest BCUT2D eigenvalue weighted by atomic mass is 10.1. The predicted octanol–water partition coefficient (Wildman–Crippen LogP) is 4.73. The van der Waals surface area contributed by atoms with Gasteiger partial charge in [0, 0.05) is 12.6 Å². The van der Waals surface area contributed by atoms with Gasteiger partial charge in [0.15, 0.2) is 0 Å². The molecule has 1 aromatic carbocycles. The molecule has 5 heteroatoms. The SMILES string of the molecule is Cc1ccc(CN(C)C(=O)c2ccc(C3SCCCS3)cc2)o1. The largest absolute Gasteiger partial charge is 0.464 e. The second-order valence-corrected chi connectivity index (χ2v) is 8.45. The van der Waals surface area contributed by atoms with Crippen LogP contribution in [0.1, 0.15) is 38.4 Å². The lowest BCUT2D eigenvalue weighted by Gasteiger charge is -2.21. The number of amides is 1. The van der Waals surface area contributed by atoms with E-state index in [0.717, 1.165) is 17.1 Å². The molecule has 1 aromatic heterocycles. The van der Waals surface area contributed by atoms with Crippen LogP contribution in [0.5, 0.6) is 0 Å². The quantitative estimate of drug-likeness (QED) is 0.801. The zero-order valence-corrected chi connectivity index (χ0v) is 15.1. The molecule has 1 fully saturated rings. The lowest BCUT2D eigenvalue weighted by Crippen LogP contribution is -2.25. The van der Waals surface area contributed by atoms with Crippen molar-refractivity contribution in [1.29, 1.82) is 0 Å². The Morgan fingerprint density at radius 3 is 2.48 bits per heavy atom. The molecule has 0 saturated carbocycles. The van der Waals surface area contributed by atoms with E-state index in [9.17, 15) is 4.79 Å².